The molecule has 0 spiro atoms. The molecule has 3 aromatic carbocycles. The maximum atomic E-state index is 12.3. The third-order valence-corrected chi connectivity index (χ3v) is 7.18. The molecule has 3 heterocycles. The van der Waals surface area contributed by atoms with Gasteiger partial charge in [0.25, 0.3) is 5.97 Å². The standard InChI is InChI=1S/C31H36O6/c1-4-33-27-14-10-25(11-15-27)31(32,26-12-16-28(17-13-26)34-5-2)24-8-6-23(7-9-24)18-19-30-35-20-29(3,21-36-30)22-37-30/h6-17,32H,4-5,18-22H2,1-3H3/i1+1,2+1,4+1,5+1,33+2,34+2. The molecule has 3 fully saturated rings. The number of fused-ring (bicyclic) bond motifs is 3. The highest BCUT2D eigenvalue weighted by molar-refractivity contribution is 5.49. The Hall–Kier alpha value is -2.90. The van der Waals surface area contributed by atoms with E-state index >= 15 is 0 Å². The molecule has 6 rings (SSSR count). The topological polar surface area (TPSA) is 66.4 Å². The van der Waals surface area contributed by atoms with Gasteiger partial charge in [0.05, 0.1) is 33.0 Å². The van der Waals surface area contributed by atoms with E-state index in [1.165, 1.54) is 0 Å². The van der Waals surface area contributed by atoms with Crippen molar-refractivity contribution in [1.29, 1.82) is 0 Å². The van der Waals surface area contributed by atoms with E-state index in [0.717, 1.165) is 40.2 Å². The van der Waals surface area contributed by atoms with Gasteiger partial charge in [-0.25, -0.2) is 0 Å². The molecular weight excluding hydrogens is 476 g/mol. The molecule has 37 heavy (non-hydrogen) atoms. The van der Waals surface area contributed by atoms with Gasteiger partial charge in [0.1, 0.15) is 17.1 Å². The summed E-state index contributed by atoms with van der Waals surface area (Å²) in [6, 6.07) is 23.3. The normalized spacial score (nSPS) is 23.1. The lowest BCUT2D eigenvalue weighted by Gasteiger charge is -2.50. The van der Waals surface area contributed by atoms with Crippen LogP contribution in [-0.2, 0) is 26.2 Å². The molecule has 0 atom stereocenters. The molecule has 2 bridgehead atoms. The van der Waals surface area contributed by atoms with Gasteiger partial charge < -0.3 is 28.8 Å². The molecule has 0 unspecified atom stereocenters. The van der Waals surface area contributed by atoms with Gasteiger partial charge in [0.15, 0.2) is 0 Å². The molecule has 3 saturated heterocycles. The fourth-order valence-corrected chi connectivity index (χ4v) is 4.95. The smallest absolute Gasteiger partial charge is 0.283 e. The van der Waals surface area contributed by atoms with E-state index in [1.54, 1.807) is 0 Å². The molecule has 0 aliphatic carbocycles. The molecule has 196 valence electrons. The summed E-state index contributed by atoms with van der Waals surface area (Å²) in [5, 5.41) is 12.3. The molecule has 3 aromatic rings. The lowest BCUT2D eigenvalue weighted by Crippen LogP contribution is -2.59. The van der Waals surface area contributed by atoms with Crippen molar-refractivity contribution in [2.24, 2.45) is 5.41 Å². The van der Waals surface area contributed by atoms with Gasteiger partial charge in [0.2, 0.25) is 0 Å². The van der Waals surface area contributed by atoms with Crippen LogP contribution in [-0.4, -0.2) is 44.1 Å². The summed E-state index contributed by atoms with van der Waals surface area (Å²) in [7, 11) is 0. The average molecular weight is 513 g/mol. The van der Waals surface area contributed by atoms with Crippen LogP contribution in [0, 0.1) is 5.41 Å². The van der Waals surface area contributed by atoms with Crippen molar-refractivity contribution in [3.63, 3.8) is 0 Å². The second-order valence-electron chi connectivity index (χ2n) is 10.2. The maximum absolute atomic E-state index is 12.3. The van der Waals surface area contributed by atoms with E-state index in [0.29, 0.717) is 39.5 Å². The third-order valence-electron chi connectivity index (χ3n) is 7.18. The molecular formula is C31H36O6. The van der Waals surface area contributed by atoms with Crippen molar-refractivity contribution in [3.05, 3.63) is 95.1 Å². The zero-order valence-electron chi connectivity index (χ0n) is 21.9. The van der Waals surface area contributed by atoms with Gasteiger partial charge in [-0.15, -0.1) is 0 Å². The summed E-state index contributed by atoms with van der Waals surface area (Å²) < 4.78 is 29.0. The molecule has 3 aliphatic rings. The first-order valence-corrected chi connectivity index (χ1v) is 13.1. The molecule has 0 aromatic heterocycles. The number of aliphatic hydroxyl groups is 1. The second kappa shape index (κ2) is 10.5. The molecule has 1 N–H and O–H groups in total. The van der Waals surface area contributed by atoms with Gasteiger partial charge in [-0.1, -0.05) is 55.5 Å². The Morgan fingerprint density at radius 2 is 1.11 bits per heavy atom. The molecule has 6 heteroatoms. The monoisotopic (exact) mass is 512 g/mol. The Kier molecular flexibility index (Phi) is 7.28. The number of benzene rings is 3. The Morgan fingerprint density at radius 3 is 1.51 bits per heavy atom. The molecule has 0 radical (unpaired) electrons. The van der Waals surface area contributed by atoms with Crippen LogP contribution in [0.25, 0.3) is 0 Å². The van der Waals surface area contributed by atoms with Crippen LogP contribution < -0.4 is 9.47 Å². The maximum Gasteiger partial charge on any atom is 0.283 e. The fourth-order valence-electron chi connectivity index (χ4n) is 4.95. The van der Waals surface area contributed by atoms with E-state index in [4.69, 9.17) is 23.7 Å². The number of hydrogen-bond acceptors (Lipinski definition) is 6. The minimum atomic E-state index is -1.35. The summed E-state index contributed by atoms with van der Waals surface area (Å²) in [5.74, 6) is 0.599. The zero-order chi connectivity index (χ0) is 25.9. The Morgan fingerprint density at radius 1 is 0.703 bits per heavy atom. The van der Waals surface area contributed by atoms with Gasteiger partial charge >= 0.3 is 0 Å². The highest BCUT2D eigenvalue weighted by atomic mass is 18.4. The first kappa shape index (κ1) is 25.7. The molecule has 0 saturated carbocycles. The minimum absolute atomic E-state index is 0.0460. The fraction of sp³-hybridized carbons (Fsp3) is 0.419. The van der Waals surface area contributed by atoms with Crippen molar-refractivity contribution in [2.45, 2.75) is 45.2 Å². The summed E-state index contributed by atoms with van der Waals surface area (Å²) in [4.78, 5) is 0. The second-order valence-corrected chi connectivity index (χ2v) is 10.2. The highest BCUT2D eigenvalue weighted by Gasteiger charge is 2.50. The van der Waals surface area contributed by atoms with E-state index in [1.807, 2.05) is 74.5 Å². The van der Waals surface area contributed by atoms with Gasteiger partial charge in [0, 0.05) is 11.8 Å². The SMILES string of the molecule is CC12COC(CCc3ccc(C(O)(c4ccc([18O][13CH2][13CH3])cc4)c4ccc([18O][13CH2][13CH3])cc4)cc3)(OC1)OC2. The highest BCUT2D eigenvalue weighted by Crippen LogP contribution is 2.41. The van der Waals surface area contributed by atoms with Crippen LogP contribution in [0.3, 0.4) is 0 Å². The number of hydrogen-bond donors (Lipinski definition) is 1. The molecule has 3 aliphatic heterocycles. The summed E-state index contributed by atoms with van der Waals surface area (Å²) in [6.07, 6.45) is 1.35. The number of aryl methyl sites for hydroxylation is 1. The Labute approximate surface area is 219 Å². The third kappa shape index (κ3) is 5.25. The Bertz CT molecular complexity index is 1100. The summed E-state index contributed by atoms with van der Waals surface area (Å²) >= 11 is 0. The van der Waals surface area contributed by atoms with Crippen molar-refractivity contribution in [1.82, 2.24) is 0 Å². The van der Waals surface area contributed by atoms with Crippen LogP contribution >= 0.6 is 0 Å². The van der Waals surface area contributed by atoms with E-state index < -0.39 is 11.6 Å². The quantitative estimate of drug-likeness (QED) is 0.222. The van der Waals surface area contributed by atoms with Crippen molar-refractivity contribution in [3.8, 4) is 11.5 Å². The van der Waals surface area contributed by atoms with Gasteiger partial charge in [-0.3, -0.25) is 0 Å². The van der Waals surface area contributed by atoms with Crippen molar-refractivity contribution in [2.75, 3.05) is 33.0 Å². The number of ether oxygens (including phenoxy) is 5. The first-order valence-electron chi connectivity index (χ1n) is 13.1. The predicted octanol–water partition coefficient (Wildman–Crippen LogP) is 5.44. The van der Waals surface area contributed by atoms with Crippen LogP contribution in [0.1, 0.15) is 49.4 Å². The number of rotatable bonds is 10. The van der Waals surface area contributed by atoms with Crippen molar-refractivity contribution < 1.29 is 28.8 Å². The van der Waals surface area contributed by atoms with Crippen molar-refractivity contribution >= 4 is 0 Å². The molecule has 0 amide bonds. The minimum Gasteiger partial charge on any atom is -0.494 e. The lowest BCUT2D eigenvalue weighted by molar-refractivity contribution is -0.467. The first-order chi connectivity index (χ1) is 17.9. The largest absolute Gasteiger partial charge is 0.494 e. The zero-order valence-corrected chi connectivity index (χ0v) is 21.9. The molecule has 6 nitrogen and oxygen atoms in total. The average Bonchev–Trinajstić information content (AvgIpc) is 2.94. The van der Waals surface area contributed by atoms with Crippen LogP contribution in [0.4, 0.5) is 0 Å². The summed E-state index contributed by atoms with van der Waals surface area (Å²) in [6.45, 7) is 9.17. The lowest BCUT2D eigenvalue weighted by atomic mass is 9.80. The van der Waals surface area contributed by atoms with E-state index in [-0.39, 0.29) is 5.41 Å². The summed E-state index contributed by atoms with van der Waals surface area (Å²) in [5.41, 5.74) is 2.02. The van der Waals surface area contributed by atoms with Crippen LogP contribution in [0.15, 0.2) is 72.8 Å². The van der Waals surface area contributed by atoms with Crippen LogP contribution in [0.2, 0.25) is 0 Å². The van der Waals surface area contributed by atoms with Gasteiger partial charge in [-0.05, 0) is 66.8 Å². The van der Waals surface area contributed by atoms with E-state index in [9.17, 15) is 5.11 Å². The predicted molar refractivity (Wildman–Crippen MR) is 141 cm³/mol. The van der Waals surface area contributed by atoms with Crippen LogP contribution in [0.5, 0.6) is 11.5 Å². The van der Waals surface area contributed by atoms with Gasteiger partial charge in [-0.2, -0.15) is 0 Å². The Balaban J connectivity index is 1.40. The van der Waals surface area contributed by atoms with E-state index in [2.05, 4.69) is 19.1 Å².